The first-order chi connectivity index (χ1) is 15.0. The highest BCUT2D eigenvalue weighted by Gasteiger charge is 2.22. The molecule has 1 atom stereocenters. The van der Waals surface area contributed by atoms with E-state index in [1.807, 2.05) is 43.3 Å². The molecule has 178 valence electrons. The Kier molecular flexibility index (Phi) is 9.28. The highest BCUT2D eigenvalue weighted by atomic mass is 35.5. The van der Waals surface area contributed by atoms with E-state index in [0.717, 1.165) is 42.8 Å². The number of rotatable bonds is 5. The molecule has 0 spiro atoms. The Bertz CT molecular complexity index is 1150. The van der Waals surface area contributed by atoms with E-state index in [1.54, 1.807) is 29.4 Å². The number of amides is 1. The van der Waals surface area contributed by atoms with Gasteiger partial charge in [-0.25, -0.2) is 0 Å². The monoisotopic (exact) mass is 491 g/mol. The van der Waals surface area contributed by atoms with Gasteiger partial charge in [-0.05, 0) is 57.3 Å². The van der Waals surface area contributed by atoms with Gasteiger partial charge in [0, 0.05) is 30.9 Å². The maximum atomic E-state index is 13.2. The fourth-order valence-corrected chi connectivity index (χ4v) is 4.29. The van der Waals surface area contributed by atoms with Gasteiger partial charge >= 0.3 is 0 Å². The van der Waals surface area contributed by atoms with Crippen molar-refractivity contribution >= 4 is 36.5 Å². The number of benzene rings is 1. The number of hydrogen-bond acceptors (Lipinski definition) is 4. The molecule has 33 heavy (non-hydrogen) atoms. The van der Waals surface area contributed by atoms with Crippen LogP contribution in [-0.2, 0) is 13.6 Å². The van der Waals surface area contributed by atoms with E-state index in [9.17, 15) is 9.59 Å². The van der Waals surface area contributed by atoms with Crippen molar-refractivity contribution in [1.82, 2.24) is 19.7 Å². The van der Waals surface area contributed by atoms with E-state index in [2.05, 4.69) is 15.7 Å². The van der Waals surface area contributed by atoms with E-state index in [1.165, 1.54) is 0 Å². The molecule has 1 unspecified atom stereocenters. The minimum absolute atomic E-state index is 0. The van der Waals surface area contributed by atoms with Gasteiger partial charge in [-0.1, -0.05) is 30.3 Å². The van der Waals surface area contributed by atoms with Crippen molar-refractivity contribution in [3.05, 3.63) is 69.6 Å². The Morgan fingerprint density at radius 2 is 1.91 bits per heavy atom. The van der Waals surface area contributed by atoms with Crippen molar-refractivity contribution in [1.29, 1.82) is 0 Å². The van der Waals surface area contributed by atoms with Gasteiger partial charge in [-0.2, -0.15) is 5.10 Å². The predicted octanol–water partition coefficient (Wildman–Crippen LogP) is 3.96. The lowest BCUT2D eigenvalue weighted by Gasteiger charge is -2.23. The van der Waals surface area contributed by atoms with E-state index in [4.69, 9.17) is 0 Å². The molecule has 2 aromatic heterocycles. The number of nitrogens with one attached hydrogen (secondary N) is 2. The topological polar surface area (TPSA) is 81.0 Å². The number of pyridine rings is 1. The first-order valence-corrected chi connectivity index (χ1v) is 10.8. The average molecular weight is 492 g/mol. The molecule has 3 heterocycles. The zero-order chi connectivity index (χ0) is 22.0. The molecule has 0 saturated carbocycles. The molecule has 1 saturated heterocycles. The van der Waals surface area contributed by atoms with Crippen LogP contribution in [-0.4, -0.2) is 33.3 Å². The van der Waals surface area contributed by atoms with Crippen molar-refractivity contribution in [2.75, 3.05) is 18.4 Å². The lowest BCUT2D eigenvalue weighted by molar-refractivity contribution is 0.102. The van der Waals surface area contributed by atoms with Crippen LogP contribution in [0.5, 0.6) is 0 Å². The van der Waals surface area contributed by atoms with Crippen LogP contribution in [0.2, 0.25) is 0 Å². The van der Waals surface area contributed by atoms with Crippen molar-refractivity contribution < 1.29 is 4.79 Å². The molecule has 4 rings (SSSR count). The Morgan fingerprint density at radius 3 is 2.58 bits per heavy atom. The fraction of sp³-hybridized carbons (Fsp3) is 0.375. The Balaban J connectivity index is 0.00000193. The molecular weight excluding hydrogens is 461 g/mol. The van der Waals surface area contributed by atoms with E-state index < -0.39 is 5.91 Å². The van der Waals surface area contributed by atoms with E-state index in [0.29, 0.717) is 23.8 Å². The van der Waals surface area contributed by atoms with Crippen molar-refractivity contribution in [3.8, 4) is 11.3 Å². The SMILES string of the molecule is Cc1ccn(CC2CCCNC2)c(=O)c1C(=O)Nc1c(C)c(-c2ccccc2)nn1C.Cl.Cl. The standard InChI is InChI=1S/C24H29N5O2.2ClH/c1-16-11-13-29(15-18-8-7-12-25-14-18)24(31)20(16)23(30)26-22-17(2)21(27-28(22)3)19-9-5-4-6-10-19;;/h4-6,9-11,13,18,25H,7-8,12,14-15H2,1-3H3,(H,26,30);2*1H. The second-order valence-electron chi connectivity index (χ2n) is 8.31. The predicted molar refractivity (Wildman–Crippen MR) is 137 cm³/mol. The summed E-state index contributed by atoms with van der Waals surface area (Å²) < 4.78 is 3.32. The quantitative estimate of drug-likeness (QED) is 0.565. The molecule has 9 heteroatoms. The number of carbonyl (C=O) groups is 1. The summed E-state index contributed by atoms with van der Waals surface area (Å²) in [5.41, 5.74) is 3.27. The van der Waals surface area contributed by atoms with Crippen LogP contribution in [0.15, 0.2) is 47.4 Å². The lowest BCUT2D eigenvalue weighted by Crippen LogP contribution is -2.36. The molecule has 1 amide bonds. The van der Waals surface area contributed by atoms with Crippen LogP contribution >= 0.6 is 24.8 Å². The van der Waals surface area contributed by atoms with Crippen LogP contribution < -0.4 is 16.2 Å². The second-order valence-corrected chi connectivity index (χ2v) is 8.31. The van der Waals surface area contributed by atoms with Crippen LogP contribution in [0.3, 0.4) is 0 Å². The Morgan fingerprint density at radius 1 is 1.18 bits per heavy atom. The third-order valence-electron chi connectivity index (χ3n) is 6.02. The van der Waals surface area contributed by atoms with Crippen LogP contribution in [0, 0.1) is 19.8 Å². The van der Waals surface area contributed by atoms with Gasteiger partial charge in [0.15, 0.2) is 0 Å². The molecule has 1 aliphatic rings. The number of anilines is 1. The summed E-state index contributed by atoms with van der Waals surface area (Å²) in [6.07, 6.45) is 4.00. The summed E-state index contributed by atoms with van der Waals surface area (Å²) in [6.45, 7) is 6.28. The molecule has 7 nitrogen and oxygen atoms in total. The maximum absolute atomic E-state index is 13.2. The number of aryl methyl sites for hydroxylation is 2. The highest BCUT2D eigenvalue weighted by molar-refractivity contribution is 6.05. The molecular formula is C24H31Cl2N5O2. The molecule has 0 aliphatic carbocycles. The van der Waals surface area contributed by atoms with Crippen LogP contribution in [0.25, 0.3) is 11.3 Å². The highest BCUT2D eigenvalue weighted by Crippen LogP contribution is 2.27. The molecule has 0 radical (unpaired) electrons. The van der Waals surface area contributed by atoms with Gasteiger partial charge in [-0.15, -0.1) is 24.8 Å². The van der Waals surface area contributed by atoms with Gasteiger partial charge in [0.25, 0.3) is 11.5 Å². The summed E-state index contributed by atoms with van der Waals surface area (Å²) in [7, 11) is 1.79. The molecule has 2 N–H and O–H groups in total. The van der Waals surface area contributed by atoms with Gasteiger partial charge in [0.05, 0.1) is 5.69 Å². The fourth-order valence-electron chi connectivity index (χ4n) is 4.29. The minimum Gasteiger partial charge on any atom is -0.316 e. The summed E-state index contributed by atoms with van der Waals surface area (Å²) in [5, 5.41) is 10.9. The molecule has 1 aromatic carbocycles. The van der Waals surface area contributed by atoms with Crippen LogP contribution in [0.1, 0.15) is 34.3 Å². The van der Waals surface area contributed by atoms with Crippen LogP contribution in [0.4, 0.5) is 5.82 Å². The number of carbonyl (C=O) groups excluding carboxylic acids is 1. The van der Waals surface area contributed by atoms with Gasteiger partial charge < -0.3 is 15.2 Å². The number of hydrogen-bond donors (Lipinski definition) is 2. The molecule has 3 aromatic rings. The minimum atomic E-state index is -0.399. The Hall–Kier alpha value is -2.61. The van der Waals surface area contributed by atoms with Gasteiger partial charge in [-0.3, -0.25) is 14.3 Å². The first kappa shape index (κ1) is 26.6. The van der Waals surface area contributed by atoms with Crippen molar-refractivity contribution in [2.24, 2.45) is 13.0 Å². The Labute approximate surface area is 206 Å². The number of piperidine rings is 1. The maximum Gasteiger partial charge on any atom is 0.263 e. The third-order valence-corrected chi connectivity index (χ3v) is 6.02. The second kappa shape index (κ2) is 11.5. The first-order valence-electron chi connectivity index (χ1n) is 10.8. The van der Waals surface area contributed by atoms with Gasteiger partial charge in [0.2, 0.25) is 0 Å². The third kappa shape index (κ3) is 5.66. The largest absolute Gasteiger partial charge is 0.316 e. The number of aromatic nitrogens is 3. The molecule has 0 bridgehead atoms. The summed E-state index contributed by atoms with van der Waals surface area (Å²) in [4.78, 5) is 26.3. The summed E-state index contributed by atoms with van der Waals surface area (Å²) in [5.74, 6) is 0.594. The average Bonchev–Trinajstić information content (AvgIpc) is 3.05. The van der Waals surface area contributed by atoms with Crippen molar-refractivity contribution in [3.63, 3.8) is 0 Å². The smallest absolute Gasteiger partial charge is 0.263 e. The van der Waals surface area contributed by atoms with Crippen molar-refractivity contribution in [2.45, 2.75) is 33.2 Å². The number of nitrogens with zero attached hydrogens (tertiary/aromatic N) is 3. The van der Waals surface area contributed by atoms with E-state index >= 15 is 0 Å². The molecule has 1 fully saturated rings. The lowest BCUT2D eigenvalue weighted by atomic mass is 9.99. The zero-order valence-electron chi connectivity index (χ0n) is 19.1. The summed E-state index contributed by atoms with van der Waals surface area (Å²) >= 11 is 0. The van der Waals surface area contributed by atoms with E-state index in [-0.39, 0.29) is 35.9 Å². The normalized spacial score (nSPS) is 15.3. The number of halogens is 2. The zero-order valence-corrected chi connectivity index (χ0v) is 20.8. The summed E-state index contributed by atoms with van der Waals surface area (Å²) in [6, 6.07) is 11.7. The van der Waals surface area contributed by atoms with Gasteiger partial charge in [0.1, 0.15) is 11.4 Å². The molecule has 1 aliphatic heterocycles.